The molecule has 15 heavy (non-hydrogen) atoms. The molecule has 1 heterocycles. The number of rotatable bonds is 3. The van der Waals surface area contributed by atoms with Crippen LogP contribution >= 0.6 is 0 Å². The van der Waals surface area contributed by atoms with Crippen molar-refractivity contribution < 1.29 is 8.42 Å². The molecule has 0 aromatic heterocycles. The Kier molecular flexibility index (Phi) is 3.30. The van der Waals surface area contributed by atoms with Gasteiger partial charge in [-0.05, 0) is 19.3 Å². The van der Waals surface area contributed by atoms with Gasteiger partial charge in [0.2, 0.25) is 0 Å². The number of nitrogens with one attached hydrogen (secondary N) is 1. The quantitative estimate of drug-likeness (QED) is 0.708. The lowest BCUT2D eigenvalue weighted by Crippen LogP contribution is -2.43. The van der Waals surface area contributed by atoms with Crippen LogP contribution in [0.2, 0.25) is 0 Å². The topological polar surface area (TPSA) is 75.4 Å². The molecule has 1 saturated carbocycles. The van der Waals surface area contributed by atoms with Crippen LogP contribution in [0.1, 0.15) is 32.1 Å². The second kappa shape index (κ2) is 4.37. The van der Waals surface area contributed by atoms with Gasteiger partial charge in [-0.25, -0.2) is 0 Å². The Morgan fingerprint density at radius 3 is 2.13 bits per heavy atom. The van der Waals surface area contributed by atoms with E-state index in [2.05, 4.69) is 4.72 Å². The summed E-state index contributed by atoms with van der Waals surface area (Å²) < 4.78 is 28.0. The summed E-state index contributed by atoms with van der Waals surface area (Å²) in [5.74, 6) is 0. The molecule has 5 nitrogen and oxygen atoms in total. The van der Waals surface area contributed by atoms with E-state index in [-0.39, 0.29) is 12.1 Å². The fraction of sp³-hybridized carbons (Fsp3) is 1.00. The van der Waals surface area contributed by atoms with Crippen LogP contribution in [0.4, 0.5) is 0 Å². The molecule has 6 heteroatoms. The Morgan fingerprint density at radius 2 is 1.67 bits per heavy atom. The lowest BCUT2D eigenvalue weighted by molar-refractivity contribution is 0.414. The minimum absolute atomic E-state index is 0.0201. The van der Waals surface area contributed by atoms with Crippen LogP contribution in [0.3, 0.4) is 0 Å². The van der Waals surface area contributed by atoms with E-state index in [0.717, 1.165) is 32.1 Å². The molecule has 88 valence electrons. The molecule has 0 bridgehead atoms. The molecule has 3 N–H and O–H groups in total. The van der Waals surface area contributed by atoms with Crippen LogP contribution in [0.25, 0.3) is 0 Å². The summed E-state index contributed by atoms with van der Waals surface area (Å²) in [6.07, 6.45) is 4.98. The number of nitrogens with two attached hydrogens (primary N) is 1. The Bertz CT molecular complexity index is 309. The van der Waals surface area contributed by atoms with Gasteiger partial charge in [-0.1, -0.05) is 12.8 Å². The lowest BCUT2D eigenvalue weighted by atomic mass is 10.2. The Balaban J connectivity index is 1.94. The molecule has 0 radical (unpaired) electrons. The van der Waals surface area contributed by atoms with E-state index in [1.165, 1.54) is 0 Å². The zero-order chi connectivity index (χ0) is 10.9. The third kappa shape index (κ3) is 2.90. The Morgan fingerprint density at radius 1 is 1.13 bits per heavy atom. The molecule has 1 saturated heterocycles. The summed E-state index contributed by atoms with van der Waals surface area (Å²) in [4.78, 5) is 0. The molecule has 2 unspecified atom stereocenters. The highest BCUT2D eigenvalue weighted by Crippen LogP contribution is 2.21. The number of nitrogens with zero attached hydrogens (tertiary/aromatic N) is 1. The molecule has 2 rings (SSSR count). The van der Waals surface area contributed by atoms with Crippen molar-refractivity contribution >= 4 is 10.2 Å². The number of hydrogen-bond acceptors (Lipinski definition) is 3. The van der Waals surface area contributed by atoms with Gasteiger partial charge in [0.05, 0.1) is 0 Å². The normalized spacial score (nSPS) is 33.7. The van der Waals surface area contributed by atoms with Crippen molar-refractivity contribution in [1.29, 1.82) is 0 Å². The van der Waals surface area contributed by atoms with Crippen LogP contribution in [0.5, 0.6) is 0 Å². The highest BCUT2D eigenvalue weighted by Gasteiger charge is 2.38. The van der Waals surface area contributed by atoms with Gasteiger partial charge in [-0.15, -0.1) is 0 Å². The fourth-order valence-electron chi connectivity index (χ4n) is 1.90. The molecular formula is C9H19N3O2S. The van der Waals surface area contributed by atoms with Gasteiger partial charge in [-0.2, -0.15) is 17.4 Å². The van der Waals surface area contributed by atoms with Gasteiger partial charge < -0.3 is 5.73 Å². The standard InChI is InChI=1S/C9H19N3O2S/c10-8-7-9(8)11-15(13,14)12-5-3-1-2-4-6-12/h8-9,11H,1-7,10H2. The summed E-state index contributed by atoms with van der Waals surface area (Å²) in [5.41, 5.74) is 5.59. The van der Waals surface area contributed by atoms with Crippen molar-refractivity contribution in [3.05, 3.63) is 0 Å². The van der Waals surface area contributed by atoms with Gasteiger partial charge >= 0.3 is 0 Å². The maximum absolute atomic E-state index is 11.9. The second-order valence-corrected chi connectivity index (χ2v) is 6.14. The van der Waals surface area contributed by atoms with E-state index in [0.29, 0.717) is 13.1 Å². The highest BCUT2D eigenvalue weighted by atomic mass is 32.2. The second-order valence-electron chi connectivity index (χ2n) is 4.44. The van der Waals surface area contributed by atoms with Crippen LogP contribution in [-0.2, 0) is 10.2 Å². The van der Waals surface area contributed by atoms with Crippen molar-refractivity contribution in [3.63, 3.8) is 0 Å². The summed E-state index contributed by atoms with van der Waals surface area (Å²) in [6.45, 7) is 1.30. The van der Waals surface area contributed by atoms with Crippen molar-refractivity contribution in [3.8, 4) is 0 Å². The van der Waals surface area contributed by atoms with Crippen molar-refractivity contribution in [2.24, 2.45) is 5.73 Å². The van der Waals surface area contributed by atoms with E-state index < -0.39 is 10.2 Å². The van der Waals surface area contributed by atoms with Crippen molar-refractivity contribution in [2.45, 2.75) is 44.2 Å². The first-order chi connectivity index (χ1) is 7.09. The van der Waals surface area contributed by atoms with Gasteiger partial charge in [0.25, 0.3) is 10.2 Å². The maximum Gasteiger partial charge on any atom is 0.279 e. The average molecular weight is 233 g/mol. The minimum atomic E-state index is -3.27. The molecule has 2 aliphatic rings. The summed E-state index contributed by atoms with van der Waals surface area (Å²) in [5, 5.41) is 0. The Labute approximate surface area is 91.2 Å². The predicted molar refractivity (Wildman–Crippen MR) is 58.5 cm³/mol. The first-order valence-electron chi connectivity index (χ1n) is 5.62. The smallest absolute Gasteiger partial charge is 0.279 e. The zero-order valence-electron chi connectivity index (χ0n) is 8.85. The van der Waals surface area contributed by atoms with E-state index in [9.17, 15) is 8.42 Å². The summed E-state index contributed by atoms with van der Waals surface area (Å²) in [7, 11) is -3.27. The third-order valence-corrected chi connectivity index (χ3v) is 4.69. The van der Waals surface area contributed by atoms with Crippen LogP contribution in [0, 0.1) is 0 Å². The first-order valence-corrected chi connectivity index (χ1v) is 7.06. The van der Waals surface area contributed by atoms with Crippen molar-refractivity contribution in [2.75, 3.05) is 13.1 Å². The van der Waals surface area contributed by atoms with E-state index in [1.807, 2.05) is 0 Å². The summed E-state index contributed by atoms with van der Waals surface area (Å²) in [6, 6.07) is -0.00925. The molecule has 0 aromatic carbocycles. The number of hydrogen-bond donors (Lipinski definition) is 2. The minimum Gasteiger partial charge on any atom is -0.326 e. The predicted octanol–water partition coefficient (Wildman–Crippen LogP) is -0.204. The largest absolute Gasteiger partial charge is 0.326 e. The molecular weight excluding hydrogens is 214 g/mol. The highest BCUT2D eigenvalue weighted by molar-refractivity contribution is 7.87. The SMILES string of the molecule is NC1CC1NS(=O)(=O)N1CCCCCC1. The fourth-order valence-corrected chi connectivity index (χ4v) is 3.44. The van der Waals surface area contributed by atoms with Gasteiger partial charge in [0, 0.05) is 25.2 Å². The molecule has 0 amide bonds. The Hall–Kier alpha value is -0.170. The van der Waals surface area contributed by atoms with E-state index in [4.69, 9.17) is 5.73 Å². The first kappa shape index (κ1) is 11.3. The van der Waals surface area contributed by atoms with Crippen LogP contribution in [0.15, 0.2) is 0 Å². The van der Waals surface area contributed by atoms with E-state index in [1.54, 1.807) is 4.31 Å². The molecule has 1 aliphatic heterocycles. The third-order valence-electron chi connectivity index (χ3n) is 3.05. The van der Waals surface area contributed by atoms with Crippen molar-refractivity contribution in [1.82, 2.24) is 9.03 Å². The summed E-state index contributed by atoms with van der Waals surface area (Å²) >= 11 is 0. The molecule has 2 fully saturated rings. The van der Waals surface area contributed by atoms with E-state index >= 15 is 0 Å². The molecule has 0 spiro atoms. The van der Waals surface area contributed by atoms with Crippen LogP contribution < -0.4 is 10.5 Å². The average Bonchev–Trinajstić information content (AvgIpc) is 2.88. The monoisotopic (exact) mass is 233 g/mol. The molecule has 1 aliphatic carbocycles. The van der Waals surface area contributed by atoms with Gasteiger partial charge in [0.1, 0.15) is 0 Å². The van der Waals surface area contributed by atoms with Crippen LogP contribution in [-0.4, -0.2) is 37.9 Å². The molecule has 2 atom stereocenters. The zero-order valence-corrected chi connectivity index (χ0v) is 9.67. The van der Waals surface area contributed by atoms with Gasteiger partial charge in [-0.3, -0.25) is 0 Å². The maximum atomic E-state index is 11.9. The molecule has 0 aromatic rings. The lowest BCUT2D eigenvalue weighted by Gasteiger charge is -2.20. The van der Waals surface area contributed by atoms with Gasteiger partial charge in [0.15, 0.2) is 0 Å².